The van der Waals surface area contributed by atoms with Crippen LogP contribution < -0.4 is 4.90 Å². The number of hydrogen-bond donors (Lipinski definition) is 0. The Morgan fingerprint density at radius 2 is 2.10 bits per heavy atom. The molecular weight excluding hydrogens is 272 g/mol. The van der Waals surface area contributed by atoms with Gasteiger partial charge in [-0.3, -0.25) is 9.67 Å². The van der Waals surface area contributed by atoms with Crippen LogP contribution in [0.25, 0.3) is 0 Å². The maximum Gasteiger partial charge on any atom is 0.0822 e. The summed E-state index contributed by atoms with van der Waals surface area (Å²) in [4.78, 5) is 6.40. The molecule has 2 aromatic rings. The average molecular weight is 291 g/mol. The van der Waals surface area contributed by atoms with Crippen LogP contribution >= 0.6 is 11.6 Å². The lowest BCUT2D eigenvalue weighted by molar-refractivity contribution is 0.342. The molecule has 0 radical (unpaired) electrons. The number of aromatic nitrogens is 3. The van der Waals surface area contributed by atoms with Crippen molar-refractivity contribution in [2.45, 2.75) is 26.3 Å². The first-order valence-electron chi connectivity index (χ1n) is 7.06. The second kappa shape index (κ2) is 5.83. The molecule has 5 heteroatoms. The minimum Gasteiger partial charge on any atom is -0.370 e. The quantitative estimate of drug-likeness (QED) is 0.871. The molecule has 106 valence electrons. The number of halogens is 1. The number of anilines is 1. The minimum atomic E-state index is 0.700. The normalized spacial score (nSPS) is 16.6. The Labute approximate surface area is 124 Å². The standard InChI is InChI=1S/C15H19ClN4/c1-12-8-18-20(10-12)11-13-3-6-19(7-4-13)15-2-5-17-9-14(15)16/h2,5,8-10,13H,3-4,6-7,11H2,1H3. The lowest BCUT2D eigenvalue weighted by atomic mass is 9.96. The molecule has 3 rings (SSSR count). The van der Waals surface area contributed by atoms with Gasteiger partial charge in [-0.15, -0.1) is 0 Å². The summed E-state index contributed by atoms with van der Waals surface area (Å²) in [5.74, 6) is 0.700. The van der Waals surface area contributed by atoms with Crippen LogP contribution in [0, 0.1) is 12.8 Å². The van der Waals surface area contributed by atoms with Crippen LogP contribution in [0.15, 0.2) is 30.9 Å². The highest BCUT2D eigenvalue weighted by molar-refractivity contribution is 6.33. The van der Waals surface area contributed by atoms with E-state index in [1.807, 2.05) is 12.3 Å². The van der Waals surface area contributed by atoms with Gasteiger partial charge in [-0.2, -0.15) is 5.10 Å². The number of aryl methyl sites for hydroxylation is 1. The van der Waals surface area contributed by atoms with Crippen LogP contribution in [0.3, 0.4) is 0 Å². The number of rotatable bonds is 3. The van der Waals surface area contributed by atoms with Gasteiger partial charge in [0.05, 0.1) is 16.9 Å². The molecule has 0 N–H and O–H groups in total. The van der Waals surface area contributed by atoms with E-state index in [-0.39, 0.29) is 0 Å². The highest BCUT2D eigenvalue weighted by atomic mass is 35.5. The molecule has 0 saturated carbocycles. The lowest BCUT2D eigenvalue weighted by Crippen LogP contribution is -2.35. The van der Waals surface area contributed by atoms with Crippen molar-refractivity contribution in [1.29, 1.82) is 0 Å². The van der Waals surface area contributed by atoms with Gasteiger partial charge in [-0.25, -0.2) is 0 Å². The Morgan fingerprint density at radius 1 is 1.30 bits per heavy atom. The molecule has 1 aliphatic heterocycles. The van der Waals surface area contributed by atoms with Crippen molar-refractivity contribution in [3.05, 3.63) is 41.4 Å². The van der Waals surface area contributed by atoms with Gasteiger partial charge in [0.2, 0.25) is 0 Å². The van der Waals surface area contributed by atoms with E-state index in [1.54, 1.807) is 12.4 Å². The van der Waals surface area contributed by atoms with Crippen molar-refractivity contribution in [2.24, 2.45) is 5.92 Å². The van der Waals surface area contributed by atoms with Gasteiger partial charge in [0.1, 0.15) is 0 Å². The first-order valence-corrected chi connectivity index (χ1v) is 7.43. The van der Waals surface area contributed by atoms with E-state index in [2.05, 4.69) is 32.8 Å². The molecule has 0 aliphatic carbocycles. The summed E-state index contributed by atoms with van der Waals surface area (Å²) in [6, 6.07) is 2.00. The zero-order chi connectivity index (χ0) is 13.9. The Kier molecular flexibility index (Phi) is 3.92. The number of piperidine rings is 1. The molecule has 0 spiro atoms. The van der Waals surface area contributed by atoms with Crippen molar-refractivity contribution >= 4 is 17.3 Å². The molecule has 1 fully saturated rings. The molecule has 2 aromatic heterocycles. The van der Waals surface area contributed by atoms with Gasteiger partial charge in [0, 0.05) is 38.2 Å². The maximum absolute atomic E-state index is 6.21. The smallest absolute Gasteiger partial charge is 0.0822 e. The van der Waals surface area contributed by atoms with E-state index in [1.165, 1.54) is 18.4 Å². The van der Waals surface area contributed by atoms with Gasteiger partial charge in [-0.05, 0) is 37.3 Å². The third-order valence-electron chi connectivity index (χ3n) is 3.91. The number of hydrogen-bond acceptors (Lipinski definition) is 3. The van der Waals surface area contributed by atoms with Crippen molar-refractivity contribution in [1.82, 2.24) is 14.8 Å². The molecule has 0 aromatic carbocycles. The molecule has 1 saturated heterocycles. The summed E-state index contributed by atoms with van der Waals surface area (Å²) in [5, 5.41) is 5.12. The second-order valence-electron chi connectivity index (χ2n) is 5.50. The van der Waals surface area contributed by atoms with E-state index < -0.39 is 0 Å². The Morgan fingerprint density at radius 3 is 2.75 bits per heavy atom. The minimum absolute atomic E-state index is 0.700. The predicted molar refractivity (Wildman–Crippen MR) is 81.1 cm³/mol. The Balaban J connectivity index is 1.58. The van der Waals surface area contributed by atoms with E-state index in [4.69, 9.17) is 11.6 Å². The third-order valence-corrected chi connectivity index (χ3v) is 4.21. The summed E-state index contributed by atoms with van der Waals surface area (Å²) in [5.41, 5.74) is 2.33. The molecule has 3 heterocycles. The lowest BCUT2D eigenvalue weighted by Gasteiger charge is -2.33. The van der Waals surface area contributed by atoms with Gasteiger partial charge < -0.3 is 4.90 Å². The summed E-state index contributed by atoms with van der Waals surface area (Å²) >= 11 is 6.21. The zero-order valence-corrected chi connectivity index (χ0v) is 12.4. The molecule has 20 heavy (non-hydrogen) atoms. The van der Waals surface area contributed by atoms with Gasteiger partial charge in [-0.1, -0.05) is 11.6 Å². The number of pyridine rings is 1. The highest BCUT2D eigenvalue weighted by Gasteiger charge is 2.21. The monoisotopic (exact) mass is 290 g/mol. The Bertz CT molecular complexity index is 573. The molecule has 0 atom stereocenters. The molecule has 0 unspecified atom stereocenters. The summed E-state index contributed by atoms with van der Waals surface area (Å²) in [6.07, 6.45) is 9.92. The molecule has 4 nitrogen and oxygen atoms in total. The van der Waals surface area contributed by atoms with Crippen molar-refractivity contribution < 1.29 is 0 Å². The Hall–Kier alpha value is -1.55. The summed E-state index contributed by atoms with van der Waals surface area (Å²) in [6.45, 7) is 5.20. The maximum atomic E-state index is 6.21. The largest absolute Gasteiger partial charge is 0.370 e. The van der Waals surface area contributed by atoms with Crippen LogP contribution in [0.4, 0.5) is 5.69 Å². The SMILES string of the molecule is Cc1cnn(CC2CCN(c3ccncc3Cl)CC2)c1. The molecule has 1 aliphatic rings. The van der Waals surface area contributed by atoms with Crippen LogP contribution in [-0.4, -0.2) is 27.9 Å². The van der Waals surface area contributed by atoms with Gasteiger partial charge >= 0.3 is 0 Å². The second-order valence-corrected chi connectivity index (χ2v) is 5.90. The number of nitrogens with zero attached hydrogens (tertiary/aromatic N) is 4. The van der Waals surface area contributed by atoms with Crippen LogP contribution in [0.2, 0.25) is 5.02 Å². The van der Waals surface area contributed by atoms with E-state index >= 15 is 0 Å². The molecule has 0 amide bonds. The van der Waals surface area contributed by atoms with Crippen LogP contribution in [-0.2, 0) is 6.54 Å². The van der Waals surface area contributed by atoms with E-state index in [0.29, 0.717) is 5.92 Å². The van der Waals surface area contributed by atoms with E-state index in [0.717, 1.165) is 30.3 Å². The van der Waals surface area contributed by atoms with Gasteiger partial charge in [0.15, 0.2) is 0 Å². The zero-order valence-electron chi connectivity index (χ0n) is 11.7. The van der Waals surface area contributed by atoms with Crippen LogP contribution in [0.1, 0.15) is 18.4 Å². The predicted octanol–water partition coefficient (Wildman–Crippen LogP) is 3.16. The molecule has 0 bridgehead atoms. The first-order chi connectivity index (χ1) is 9.72. The fourth-order valence-electron chi connectivity index (χ4n) is 2.81. The van der Waals surface area contributed by atoms with E-state index in [9.17, 15) is 0 Å². The third kappa shape index (κ3) is 2.96. The highest BCUT2D eigenvalue weighted by Crippen LogP contribution is 2.29. The first kappa shape index (κ1) is 13.4. The summed E-state index contributed by atoms with van der Waals surface area (Å²) in [7, 11) is 0. The van der Waals surface area contributed by atoms with Crippen molar-refractivity contribution in [3.63, 3.8) is 0 Å². The van der Waals surface area contributed by atoms with Crippen molar-refractivity contribution in [3.8, 4) is 0 Å². The fourth-order valence-corrected chi connectivity index (χ4v) is 3.05. The molecular formula is C15H19ClN4. The fraction of sp³-hybridized carbons (Fsp3) is 0.467. The average Bonchev–Trinajstić information content (AvgIpc) is 2.86. The topological polar surface area (TPSA) is 34.0 Å². The van der Waals surface area contributed by atoms with Gasteiger partial charge in [0.25, 0.3) is 0 Å². The van der Waals surface area contributed by atoms with Crippen molar-refractivity contribution in [2.75, 3.05) is 18.0 Å². The van der Waals surface area contributed by atoms with Crippen LogP contribution in [0.5, 0.6) is 0 Å². The summed E-state index contributed by atoms with van der Waals surface area (Å²) < 4.78 is 2.06.